The Labute approximate surface area is 181 Å². The molecule has 2 unspecified atom stereocenters. The van der Waals surface area contributed by atoms with Crippen LogP contribution in [0.5, 0.6) is 0 Å². The summed E-state index contributed by atoms with van der Waals surface area (Å²) in [4.78, 5) is 7.08. The number of nitrogens with two attached hydrogens (primary N) is 1. The van der Waals surface area contributed by atoms with Gasteiger partial charge in [-0.2, -0.15) is 0 Å². The first-order valence-corrected chi connectivity index (χ1v) is 11.3. The second kappa shape index (κ2) is 8.56. The van der Waals surface area contributed by atoms with Crippen LogP contribution in [0.3, 0.4) is 0 Å². The summed E-state index contributed by atoms with van der Waals surface area (Å²) in [7, 11) is 0. The standard InChI is InChI=1S/C25H26N4S/c26-25-28-24(17-30-25)23-16-29(14-13-27-23)15-22(19-7-2-1-3-8-19)21-12-6-10-18-9-4-5-11-20(18)21/h1-12,17,22-23,27H,13-16H2,(H2,26,28). The number of hydrogen-bond donors (Lipinski definition) is 2. The van der Waals surface area contributed by atoms with Crippen LogP contribution in [0.25, 0.3) is 10.8 Å². The van der Waals surface area contributed by atoms with Gasteiger partial charge in [0.25, 0.3) is 0 Å². The van der Waals surface area contributed by atoms with Gasteiger partial charge in [0.15, 0.2) is 5.13 Å². The fourth-order valence-corrected chi connectivity index (χ4v) is 5.13. The Morgan fingerprint density at radius 3 is 2.67 bits per heavy atom. The zero-order chi connectivity index (χ0) is 20.3. The van der Waals surface area contributed by atoms with Crippen molar-refractivity contribution in [1.82, 2.24) is 15.2 Å². The number of aromatic nitrogens is 1. The minimum absolute atomic E-state index is 0.233. The minimum atomic E-state index is 0.233. The number of hydrogen-bond acceptors (Lipinski definition) is 5. The van der Waals surface area contributed by atoms with E-state index in [9.17, 15) is 0 Å². The third-order valence-electron chi connectivity index (χ3n) is 6.00. The summed E-state index contributed by atoms with van der Waals surface area (Å²) in [6.07, 6.45) is 0. The number of anilines is 1. The number of rotatable bonds is 5. The molecule has 0 bridgehead atoms. The van der Waals surface area contributed by atoms with Gasteiger partial charge in [0.2, 0.25) is 0 Å². The normalized spacial score (nSPS) is 18.5. The first-order valence-electron chi connectivity index (χ1n) is 10.5. The molecule has 0 saturated carbocycles. The van der Waals surface area contributed by atoms with E-state index < -0.39 is 0 Å². The van der Waals surface area contributed by atoms with Gasteiger partial charge < -0.3 is 11.1 Å². The Kier molecular flexibility index (Phi) is 5.49. The summed E-state index contributed by atoms with van der Waals surface area (Å²) >= 11 is 1.52. The van der Waals surface area contributed by atoms with Crippen LogP contribution < -0.4 is 11.1 Å². The number of fused-ring (bicyclic) bond motifs is 1. The third-order valence-corrected chi connectivity index (χ3v) is 6.69. The van der Waals surface area contributed by atoms with E-state index in [0.717, 1.165) is 31.9 Å². The smallest absolute Gasteiger partial charge is 0.180 e. The first kappa shape index (κ1) is 19.2. The molecule has 3 N–H and O–H groups in total. The Morgan fingerprint density at radius 1 is 1.03 bits per heavy atom. The monoisotopic (exact) mass is 414 g/mol. The van der Waals surface area contributed by atoms with Gasteiger partial charge in [0.1, 0.15) is 0 Å². The molecule has 1 fully saturated rings. The van der Waals surface area contributed by atoms with Gasteiger partial charge in [-0.05, 0) is 21.9 Å². The van der Waals surface area contributed by atoms with E-state index in [-0.39, 0.29) is 6.04 Å². The van der Waals surface area contributed by atoms with E-state index in [0.29, 0.717) is 11.0 Å². The van der Waals surface area contributed by atoms with E-state index >= 15 is 0 Å². The first-order chi connectivity index (χ1) is 14.8. The number of nitrogen functional groups attached to an aromatic ring is 1. The zero-order valence-electron chi connectivity index (χ0n) is 16.9. The average Bonchev–Trinajstić information content (AvgIpc) is 3.24. The van der Waals surface area contributed by atoms with Crippen molar-refractivity contribution in [3.8, 4) is 0 Å². The maximum Gasteiger partial charge on any atom is 0.180 e. The van der Waals surface area contributed by atoms with Gasteiger partial charge in [-0.3, -0.25) is 4.90 Å². The van der Waals surface area contributed by atoms with Gasteiger partial charge >= 0.3 is 0 Å². The topological polar surface area (TPSA) is 54.2 Å². The summed E-state index contributed by atoms with van der Waals surface area (Å²) in [5.74, 6) is 0.316. The quantitative estimate of drug-likeness (QED) is 0.499. The van der Waals surface area contributed by atoms with Gasteiger partial charge in [0, 0.05) is 37.5 Å². The predicted octanol–water partition coefficient (Wildman–Crippen LogP) is 4.66. The molecule has 2 heterocycles. The molecule has 4 aromatic rings. The molecule has 1 aliphatic rings. The number of piperazine rings is 1. The highest BCUT2D eigenvalue weighted by Crippen LogP contribution is 2.32. The molecule has 152 valence electrons. The van der Waals surface area contributed by atoms with Crippen molar-refractivity contribution in [1.29, 1.82) is 0 Å². The van der Waals surface area contributed by atoms with E-state index in [4.69, 9.17) is 5.73 Å². The zero-order valence-corrected chi connectivity index (χ0v) is 17.7. The third kappa shape index (κ3) is 3.97. The van der Waals surface area contributed by atoms with Crippen LogP contribution in [0.1, 0.15) is 28.8 Å². The molecule has 5 heteroatoms. The van der Waals surface area contributed by atoms with E-state index in [1.165, 1.54) is 33.2 Å². The lowest BCUT2D eigenvalue weighted by Crippen LogP contribution is -2.47. The molecule has 4 nitrogen and oxygen atoms in total. The predicted molar refractivity (Wildman–Crippen MR) is 126 cm³/mol. The molecule has 0 spiro atoms. The molecule has 1 saturated heterocycles. The Hall–Kier alpha value is -2.73. The van der Waals surface area contributed by atoms with Gasteiger partial charge in [0.05, 0.1) is 11.7 Å². The van der Waals surface area contributed by atoms with Crippen LogP contribution in [0.4, 0.5) is 5.13 Å². The van der Waals surface area contributed by atoms with Crippen LogP contribution in [-0.4, -0.2) is 36.1 Å². The molecule has 0 aliphatic carbocycles. The number of thiazole rings is 1. The highest BCUT2D eigenvalue weighted by molar-refractivity contribution is 7.13. The summed E-state index contributed by atoms with van der Waals surface area (Å²) in [5, 5.41) is 8.97. The summed E-state index contributed by atoms with van der Waals surface area (Å²) in [6, 6.07) is 26.5. The van der Waals surface area contributed by atoms with Crippen molar-refractivity contribution in [3.63, 3.8) is 0 Å². The average molecular weight is 415 g/mol. The van der Waals surface area contributed by atoms with Crippen molar-refractivity contribution in [2.45, 2.75) is 12.0 Å². The second-order valence-electron chi connectivity index (χ2n) is 7.91. The molecular weight excluding hydrogens is 388 g/mol. The Bertz CT molecular complexity index is 1120. The fourth-order valence-electron chi connectivity index (χ4n) is 4.52. The number of benzene rings is 3. The second-order valence-corrected chi connectivity index (χ2v) is 8.80. The van der Waals surface area contributed by atoms with Gasteiger partial charge in [-0.15, -0.1) is 11.3 Å². The summed E-state index contributed by atoms with van der Waals surface area (Å²) in [6.45, 7) is 3.91. The van der Waals surface area contributed by atoms with Crippen LogP contribution >= 0.6 is 11.3 Å². The largest absolute Gasteiger partial charge is 0.375 e. The van der Waals surface area contributed by atoms with Crippen LogP contribution in [0.2, 0.25) is 0 Å². The summed E-state index contributed by atoms with van der Waals surface area (Å²) < 4.78 is 0. The molecule has 1 aliphatic heterocycles. The summed E-state index contributed by atoms with van der Waals surface area (Å²) in [5.41, 5.74) is 9.69. The van der Waals surface area contributed by atoms with Crippen molar-refractivity contribution in [2.24, 2.45) is 0 Å². The maximum absolute atomic E-state index is 5.87. The number of nitrogens with zero attached hydrogens (tertiary/aromatic N) is 2. The Balaban J connectivity index is 1.47. The van der Waals surface area contributed by atoms with E-state index in [1.54, 1.807) is 0 Å². The molecule has 0 radical (unpaired) electrons. The van der Waals surface area contributed by atoms with Crippen LogP contribution in [-0.2, 0) is 0 Å². The maximum atomic E-state index is 5.87. The highest BCUT2D eigenvalue weighted by Gasteiger charge is 2.26. The fraction of sp³-hybridized carbons (Fsp3) is 0.240. The molecule has 0 amide bonds. The van der Waals surface area contributed by atoms with Gasteiger partial charge in [-0.1, -0.05) is 72.8 Å². The molecule has 1 aromatic heterocycles. The highest BCUT2D eigenvalue weighted by atomic mass is 32.1. The van der Waals surface area contributed by atoms with Crippen LogP contribution in [0.15, 0.2) is 78.2 Å². The molecule has 30 heavy (non-hydrogen) atoms. The van der Waals surface area contributed by atoms with E-state index in [1.807, 2.05) is 0 Å². The molecular formula is C25H26N4S. The molecule has 5 rings (SSSR count). The van der Waals surface area contributed by atoms with Crippen LogP contribution in [0, 0.1) is 0 Å². The molecule has 2 atom stereocenters. The van der Waals surface area contributed by atoms with Gasteiger partial charge in [-0.25, -0.2) is 4.98 Å². The Morgan fingerprint density at radius 2 is 1.83 bits per heavy atom. The van der Waals surface area contributed by atoms with Crippen molar-refractivity contribution >= 4 is 27.2 Å². The lowest BCUT2D eigenvalue weighted by molar-refractivity contribution is 0.194. The van der Waals surface area contributed by atoms with E-state index in [2.05, 4.69) is 93.4 Å². The number of nitrogens with one attached hydrogen (secondary N) is 1. The molecule has 3 aromatic carbocycles. The van der Waals surface area contributed by atoms with Crippen molar-refractivity contribution in [2.75, 3.05) is 31.9 Å². The van der Waals surface area contributed by atoms with Crippen molar-refractivity contribution < 1.29 is 0 Å². The van der Waals surface area contributed by atoms with Crippen molar-refractivity contribution in [3.05, 3.63) is 95.0 Å². The lowest BCUT2D eigenvalue weighted by atomic mass is 9.87. The minimum Gasteiger partial charge on any atom is -0.375 e. The SMILES string of the molecule is Nc1nc(C2CN(CC(c3ccccc3)c3cccc4ccccc34)CCN2)cs1. The lowest BCUT2D eigenvalue weighted by Gasteiger charge is -2.35.